The van der Waals surface area contributed by atoms with Crippen LogP contribution in [0.2, 0.25) is 0 Å². The summed E-state index contributed by atoms with van der Waals surface area (Å²) in [5, 5.41) is 0. The first-order valence-corrected chi connectivity index (χ1v) is 8.36. The van der Waals surface area contributed by atoms with E-state index in [0.29, 0.717) is 12.3 Å². The van der Waals surface area contributed by atoms with Gasteiger partial charge in [0.05, 0.1) is 17.1 Å². The Kier molecular flexibility index (Phi) is 4.19. The highest BCUT2D eigenvalue weighted by Crippen LogP contribution is 2.34. The molecule has 0 saturated carbocycles. The third-order valence-electron chi connectivity index (χ3n) is 4.41. The molecule has 0 unspecified atom stereocenters. The van der Waals surface area contributed by atoms with Crippen LogP contribution in [0, 0.1) is 5.92 Å². The molecular formula is C18H25N3O. The smallest absolute Gasteiger partial charge is 0.222 e. The van der Waals surface area contributed by atoms with Gasteiger partial charge in [-0.2, -0.15) is 0 Å². The molecule has 3 rings (SSSR count). The van der Waals surface area contributed by atoms with E-state index in [1.54, 1.807) is 0 Å². The molecule has 1 aliphatic rings. The molecule has 22 heavy (non-hydrogen) atoms. The quantitative estimate of drug-likeness (QED) is 0.862. The fourth-order valence-corrected chi connectivity index (χ4v) is 3.44. The number of likely N-dealkylation sites (tertiary alicyclic amines) is 1. The van der Waals surface area contributed by atoms with Crippen LogP contribution in [0.3, 0.4) is 0 Å². The predicted molar refractivity (Wildman–Crippen MR) is 88.6 cm³/mol. The van der Waals surface area contributed by atoms with Crippen LogP contribution in [0.15, 0.2) is 24.3 Å². The number of fused-ring (bicyclic) bond motifs is 1. The molecule has 0 radical (unpaired) electrons. The molecule has 1 aromatic carbocycles. The molecule has 0 N–H and O–H groups in total. The van der Waals surface area contributed by atoms with Crippen LogP contribution in [0.25, 0.3) is 11.0 Å². The average Bonchev–Trinajstić information content (AvgIpc) is 3.11. The summed E-state index contributed by atoms with van der Waals surface area (Å²) < 4.78 is 2.33. The summed E-state index contributed by atoms with van der Waals surface area (Å²) in [7, 11) is 0. The van der Waals surface area contributed by atoms with Crippen molar-refractivity contribution in [3.05, 3.63) is 30.1 Å². The van der Waals surface area contributed by atoms with Gasteiger partial charge in [-0.05, 0) is 30.9 Å². The van der Waals surface area contributed by atoms with E-state index in [9.17, 15) is 4.79 Å². The number of carbonyl (C=O) groups is 1. The highest BCUT2D eigenvalue weighted by atomic mass is 16.2. The molecule has 4 heteroatoms. The van der Waals surface area contributed by atoms with E-state index in [4.69, 9.17) is 4.98 Å². The number of imidazole rings is 1. The first kappa shape index (κ1) is 15.1. The second-order valence-electron chi connectivity index (χ2n) is 6.56. The van der Waals surface area contributed by atoms with E-state index in [0.717, 1.165) is 37.3 Å². The number of aromatic nitrogens is 2. The molecule has 1 fully saturated rings. The van der Waals surface area contributed by atoms with Gasteiger partial charge in [-0.25, -0.2) is 4.98 Å². The Hall–Kier alpha value is -1.84. The van der Waals surface area contributed by atoms with Crippen molar-refractivity contribution in [1.29, 1.82) is 0 Å². The molecule has 0 aliphatic carbocycles. The summed E-state index contributed by atoms with van der Waals surface area (Å²) >= 11 is 0. The highest BCUT2D eigenvalue weighted by molar-refractivity contribution is 5.78. The van der Waals surface area contributed by atoms with Crippen LogP contribution in [0.1, 0.15) is 51.9 Å². The summed E-state index contributed by atoms with van der Waals surface area (Å²) in [5.41, 5.74) is 2.22. The van der Waals surface area contributed by atoms with Crippen molar-refractivity contribution < 1.29 is 4.79 Å². The maximum atomic E-state index is 12.2. The van der Waals surface area contributed by atoms with Crippen LogP contribution in [0.5, 0.6) is 0 Å². The van der Waals surface area contributed by atoms with Crippen molar-refractivity contribution in [3.8, 4) is 0 Å². The van der Waals surface area contributed by atoms with Gasteiger partial charge in [0.2, 0.25) is 5.91 Å². The molecular weight excluding hydrogens is 274 g/mol. The van der Waals surface area contributed by atoms with Crippen LogP contribution in [-0.4, -0.2) is 26.9 Å². The molecule has 2 heterocycles. The SMILES string of the molecule is CCC(=O)N1CCC[C@H]1c1nc2ccccc2n1CC(C)C. The molecule has 1 atom stereocenters. The number of hydrogen-bond donors (Lipinski definition) is 0. The first-order valence-electron chi connectivity index (χ1n) is 8.36. The van der Waals surface area contributed by atoms with Crippen molar-refractivity contribution in [1.82, 2.24) is 14.5 Å². The number of carbonyl (C=O) groups excluding carboxylic acids is 1. The van der Waals surface area contributed by atoms with Gasteiger partial charge in [0.15, 0.2) is 0 Å². The Bertz CT molecular complexity index is 674. The zero-order valence-corrected chi connectivity index (χ0v) is 13.7. The Morgan fingerprint density at radius 1 is 1.36 bits per heavy atom. The van der Waals surface area contributed by atoms with Gasteiger partial charge in [-0.3, -0.25) is 4.79 Å². The summed E-state index contributed by atoms with van der Waals surface area (Å²) in [5.74, 6) is 1.85. The maximum Gasteiger partial charge on any atom is 0.222 e. The Labute approximate surface area is 132 Å². The summed E-state index contributed by atoms with van der Waals surface area (Å²) in [4.78, 5) is 19.1. The van der Waals surface area contributed by atoms with Crippen LogP contribution in [-0.2, 0) is 11.3 Å². The van der Waals surface area contributed by atoms with Crippen LogP contribution in [0.4, 0.5) is 0 Å². The van der Waals surface area contributed by atoms with Gasteiger partial charge < -0.3 is 9.47 Å². The largest absolute Gasteiger partial charge is 0.333 e. The average molecular weight is 299 g/mol. The lowest BCUT2D eigenvalue weighted by molar-refractivity contribution is -0.131. The zero-order valence-electron chi connectivity index (χ0n) is 13.7. The van der Waals surface area contributed by atoms with Gasteiger partial charge in [0.25, 0.3) is 0 Å². The van der Waals surface area contributed by atoms with Crippen molar-refractivity contribution in [2.75, 3.05) is 6.54 Å². The lowest BCUT2D eigenvalue weighted by Gasteiger charge is -2.25. The molecule has 1 aromatic heterocycles. The van der Waals surface area contributed by atoms with E-state index in [2.05, 4.69) is 36.6 Å². The third-order valence-corrected chi connectivity index (χ3v) is 4.41. The number of rotatable bonds is 4. The monoisotopic (exact) mass is 299 g/mol. The minimum atomic E-state index is 0.138. The molecule has 1 saturated heterocycles. The number of amides is 1. The van der Waals surface area contributed by atoms with Crippen LogP contribution >= 0.6 is 0 Å². The van der Waals surface area contributed by atoms with E-state index in [1.807, 2.05) is 17.9 Å². The number of para-hydroxylation sites is 2. The molecule has 1 amide bonds. The second-order valence-corrected chi connectivity index (χ2v) is 6.56. The molecule has 0 spiro atoms. The van der Waals surface area contributed by atoms with Gasteiger partial charge in [0.1, 0.15) is 5.82 Å². The summed E-state index contributed by atoms with van der Waals surface area (Å²) in [6.45, 7) is 8.20. The fourth-order valence-electron chi connectivity index (χ4n) is 3.44. The molecule has 118 valence electrons. The van der Waals surface area contributed by atoms with Crippen LogP contribution < -0.4 is 0 Å². The Balaban J connectivity index is 2.07. The van der Waals surface area contributed by atoms with Crippen molar-refractivity contribution >= 4 is 16.9 Å². The predicted octanol–water partition coefficient (Wildman–Crippen LogP) is 3.77. The van der Waals surface area contributed by atoms with Gasteiger partial charge in [-0.1, -0.05) is 32.9 Å². The van der Waals surface area contributed by atoms with Crippen molar-refractivity contribution in [2.45, 2.75) is 52.6 Å². The molecule has 4 nitrogen and oxygen atoms in total. The third kappa shape index (κ3) is 2.62. The summed E-state index contributed by atoms with van der Waals surface area (Å²) in [6, 6.07) is 8.43. The second kappa shape index (κ2) is 6.11. The highest BCUT2D eigenvalue weighted by Gasteiger charge is 2.32. The Morgan fingerprint density at radius 2 is 2.14 bits per heavy atom. The van der Waals surface area contributed by atoms with E-state index >= 15 is 0 Å². The molecule has 2 aromatic rings. The van der Waals surface area contributed by atoms with Crippen molar-refractivity contribution in [3.63, 3.8) is 0 Å². The number of hydrogen-bond acceptors (Lipinski definition) is 2. The van der Waals surface area contributed by atoms with Gasteiger partial charge >= 0.3 is 0 Å². The number of benzene rings is 1. The molecule has 0 bridgehead atoms. The van der Waals surface area contributed by atoms with Crippen molar-refractivity contribution in [2.24, 2.45) is 5.92 Å². The zero-order chi connectivity index (χ0) is 15.7. The van der Waals surface area contributed by atoms with Gasteiger partial charge in [-0.15, -0.1) is 0 Å². The minimum absolute atomic E-state index is 0.138. The molecule has 1 aliphatic heterocycles. The van der Waals surface area contributed by atoms with Gasteiger partial charge in [0, 0.05) is 19.5 Å². The lowest BCUT2D eigenvalue weighted by atomic mass is 10.1. The lowest BCUT2D eigenvalue weighted by Crippen LogP contribution is -2.31. The normalized spacial score (nSPS) is 18.5. The van der Waals surface area contributed by atoms with E-state index in [1.165, 1.54) is 5.52 Å². The number of nitrogens with zero attached hydrogens (tertiary/aromatic N) is 3. The first-order chi connectivity index (χ1) is 10.6. The fraction of sp³-hybridized carbons (Fsp3) is 0.556. The maximum absolute atomic E-state index is 12.2. The Morgan fingerprint density at radius 3 is 2.86 bits per heavy atom. The standard InChI is InChI=1S/C18H25N3O/c1-4-17(22)20-11-7-10-16(20)18-19-14-8-5-6-9-15(14)21(18)12-13(2)3/h5-6,8-9,13,16H,4,7,10-12H2,1-3H3/t16-/m0/s1. The summed E-state index contributed by atoms with van der Waals surface area (Å²) in [6.07, 6.45) is 2.66. The van der Waals surface area contributed by atoms with E-state index < -0.39 is 0 Å². The van der Waals surface area contributed by atoms with E-state index in [-0.39, 0.29) is 11.9 Å². The minimum Gasteiger partial charge on any atom is -0.333 e. The topological polar surface area (TPSA) is 38.1 Å².